The average molecular weight is 255 g/mol. The Morgan fingerprint density at radius 2 is 1.88 bits per heavy atom. The topological polar surface area (TPSA) is 26.3 Å². The van der Waals surface area contributed by atoms with Crippen LogP contribution in [0.25, 0.3) is 0 Å². The van der Waals surface area contributed by atoms with Crippen molar-refractivity contribution in [3.05, 3.63) is 0 Å². The van der Waals surface area contributed by atoms with Crippen molar-refractivity contribution >= 4 is 14.8 Å². The van der Waals surface area contributed by atoms with E-state index in [2.05, 4.69) is 40.8 Å². The number of ketones is 1. The molecule has 0 spiro atoms. The van der Waals surface area contributed by atoms with Gasteiger partial charge in [-0.05, 0) is 43.7 Å². The smallest absolute Gasteiger partial charge is 0.206 e. The van der Waals surface area contributed by atoms with Crippen LogP contribution in [-0.2, 0) is 9.22 Å². The molecule has 2 nitrogen and oxygen atoms in total. The molecule has 99 valence electrons. The van der Waals surface area contributed by atoms with Crippen molar-refractivity contribution in [1.82, 2.24) is 0 Å². The van der Waals surface area contributed by atoms with Crippen LogP contribution in [0.4, 0.5) is 0 Å². The lowest BCUT2D eigenvalue weighted by Crippen LogP contribution is -2.54. The molecule has 0 saturated heterocycles. The van der Waals surface area contributed by atoms with E-state index in [0.717, 1.165) is 6.42 Å². The third kappa shape index (κ3) is 3.00. The fraction of sp³-hybridized carbons (Fsp3) is 0.929. The molecule has 1 rings (SSSR count). The lowest BCUT2D eigenvalue weighted by Gasteiger charge is -2.48. The number of rotatable bonds is 2. The summed E-state index contributed by atoms with van der Waals surface area (Å²) in [7, 11) is -0.845. The maximum Gasteiger partial charge on any atom is 0.206 e. The van der Waals surface area contributed by atoms with E-state index in [-0.39, 0.29) is 5.41 Å². The Labute approximate surface area is 108 Å². The van der Waals surface area contributed by atoms with Crippen LogP contribution in [0.3, 0.4) is 0 Å². The SMILES string of the molecule is C[C@@H]1[C@H](C(C)(C)C)CCC(=O)[C@]1(C)O[Si](C)C. The lowest BCUT2D eigenvalue weighted by atomic mass is 9.61. The second-order valence-corrected chi connectivity index (χ2v) is 8.86. The molecule has 1 aliphatic carbocycles. The number of hydrogen-bond acceptors (Lipinski definition) is 2. The highest BCUT2D eigenvalue weighted by Gasteiger charge is 2.49. The fourth-order valence-electron chi connectivity index (χ4n) is 3.18. The minimum absolute atomic E-state index is 0.249. The average Bonchev–Trinajstić information content (AvgIpc) is 2.11. The molecule has 0 amide bonds. The minimum atomic E-state index is -0.845. The van der Waals surface area contributed by atoms with E-state index in [1.165, 1.54) is 0 Å². The fourth-order valence-corrected chi connectivity index (χ4v) is 4.33. The van der Waals surface area contributed by atoms with Crippen molar-refractivity contribution < 1.29 is 9.22 Å². The number of hydrogen-bond donors (Lipinski definition) is 0. The summed E-state index contributed by atoms with van der Waals surface area (Å²) in [4.78, 5) is 12.2. The van der Waals surface area contributed by atoms with Crippen LogP contribution in [0.5, 0.6) is 0 Å². The predicted octanol–water partition coefficient (Wildman–Crippen LogP) is 3.67. The second-order valence-electron chi connectivity index (χ2n) is 6.84. The molecule has 0 aromatic heterocycles. The normalized spacial score (nSPS) is 35.4. The molecule has 0 heterocycles. The number of carbonyl (C=O) groups is 1. The summed E-state index contributed by atoms with van der Waals surface area (Å²) in [5, 5.41) is 0. The van der Waals surface area contributed by atoms with Gasteiger partial charge in [0.15, 0.2) is 5.78 Å². The van der Waals surface area contributed by atoms with E-state index in [1.54, 1.807) is 0 Å². The Morgan fingerprint density at radius 1 is 1.35 bits per heavy atom. The zero-order valence-electron chi connectivity index (χ0n) is 12.4. The second kappa shape index (κ2) is 4.85. The summed E-state index contributed by atoms with van der Waals surface area (Å²) < 4.78 is 6.08. The molecular weight excluding hydrogens is 228 g/mol. The molecule has 0 aromatic carbocycles. The molecule has 3 atom stereocenters. The zero-order valence-corrected chi connectivity index (χ0v) is 13.4. The van der Waals surface area contributed by atoms with E-state index in [4.69, 9.17) is 4.43 Å². The minimum Gasteiger partial charge on any atom is -0.405 e. The van der Waals surface area contributed by atoms with Crippen molar-refractivity contribution in [3.63, 3.8) is 0 Å². The van der Waals surface area contributed by atoms with E-state index in [1.807, 2.05) is 6.92 Å². The first-order valence-electron chi connectivity index (χ1n) is 6.61. The van der Waals surface area contributed by atoms with Gasteiger partial charge in [0.25, 0.3) is 0 Å². The molecule has 0 N–H and O–H groups in total. The summed E-state index contributed by atoms with van der Waals surface area (Å²) in [5.41, 5.74) is -0.298. The van der Waals surface area contributed by atoms with Crippen LogP contribution in [0, 0.1) is 17.3 Å². The molecule has 0 bridgehead atoms. The Hall–Kier alpha value is -0.153. The summed E-state index contributed by atoms with van der Waals surface area (Å²) in [6.07, 6.45) is 1.69. The van der Waals surface area contributed by atoms with Crippen molar-refractivity contribution in [2.75, 3.05) is 0 Å². The number of carbonyl (C=O) groups excluding carboxylic acids is 1. The van der Waals surface area contributed by atoms with Crippen molar-refractivity contribution in [2.24, 2.45) is 17.3 Å². The highest BCUT2D eigenvalue weighted by molar-refractivity contribution is 6.48. The first-order valence-corrected chi connectivity index (χ1v) is 9.02. The molecular formula is C14H27O2Si. The molecule has 1 fully saturated rings. The van der Waals surface area contributed by atoms with E-state index < -0.39 is 14.6 Å². The van der Waals surface area contributed by atoms with Gasteiger partial charge in [-0.1, -0.05) is 27.7 Å². The van der Waals surface area contributed by atoms with Gasteiger partial charge in [-0.3, -0.25) is 4.79 Å². The molecule has 1 aliphatic rings. The highest BCUT2D eigenvalue weighted by Crippen LogP contribution is 2.46. The molecule has 0 aromatic rings. The van der Waals surface area contributed by atoms with Crippen LogP contribution >= 0.6 is 0 Å². The molecule has 3 heteroatoms. The van der Waals surface area contributed by atoms with Crippen LogP contribution < -0.4 is 0 Å². The molecule has 1 radical (unpaired) electrons. The third-order valence-electron chi connectivity index (χ3n) is 4.24. The van der Waals surface area contributed by atoms with Crippen molar-refractivity contribution in [1.29, 1.82) is 0 Å². The Kier molecular flexibility index (Phi) is 4.25. The summed E-state index contributed by atoms with van der Waals surface area (Å²) in [6, 6.07) is 0. The Balaban J connectivity index is 2.98. The van der Waals surface area contributed by atoms with Gasteiger partial charge in [-0.25, -0.2) is 0 Å². The maximum atomic E-state index is 12.2. The Morgan fingerprint density at radius 3 is 2.29 bits per heavy atom. The lowest BCUT2D eigenvalue weighted by molar-refractivity contribution is -0.148. The van der Waals surface area contributed by atoms with Crippen molar-refractivity contribution in [3.8, 4) is 0 Å². The van der Waals surface area contributed by atoms with Crippen LogP contribution in [0.15, 0.2) is 0 Å². The molecule has 0 aliphatic heterocycles. The van der Waals surface area contributed by atoms with E-state index >= 15 is 0 Å². The predicted molar refractivity (Wildman–Crippen MR) is 73.3 cm³/mol. The molecule has 0 unspecified atom stereocenters. The third-order valence-corrected chi connectivity index (χ3v) is 5.07. The van der Waals surface area contributed by atoms with E-state index in [9.17, 15) is 4.79 Å². The van der Waals surface area contributed by atoms with E-state index in [0.29, 0.717) is 24.0 Å². The van der Waals surface area contributed by atoms with Crippen LogP contribution in [0.1, 0.15) is 47.5 Å². The van der Waals surface area contributed by atoms with Gasteiger partial charge < -0.3 is 4.43 Å². The monoisotopic (exact) mass is 255 g/mol. The van der Waals surface area contributed by atoms with Gasteiger partial charge in [-0.2, -0.15) is 0 Å². The quantitative estimate of drug-likeness (QED) is 0.704. The maximum absolute atomic E-state index is 12.2. The summed E-state index contributed by atoms with van der Waals surface area (Å²) in [5.74, 6) is 1.17. The van der Waals surface area contributed by atoms with Gasteiger partial charge in [0, 0.05) is 6.42 Å². The van der Waals surface area contributed by atoms with Gasteiger partial charge in [-0.15, -0.1) is 0 Å². The standard InChI is InChI=1S/C14H27O2Si/c1-10-11(13(2,3)4)8-9-12(15)14(10,5)16-17(6)7/h10-11H,8-9H2,1-7H3/t10-,11-,14-/m1/s1. The van der Waals surface area contributed by atoms with Gasteiger partial charge in [0.05, 0.1) is 0 Å². The van der Waals surface area contributed by atoms with Crippen LogP contribution in [0.2, 0.25) is 13.1 Å². The number of Topliss-reactive ketones (excluding diaryl/α,β-unsaturated/α-hetero) is 1. The summed E-state index contributed by atoms with van der Waals surface area (Å²) >= 11 is 0. The first-order chi connectivity index (χ1) is 7.59. The van der Waals surface area contributed by atoms with Crippen LogP contribution in [-0.4, -0.2) is 20.4 Å². The highest BCUT2D eigenvalue weighted by atomic mass is 28.3. The Bertz CT molecular complexity index is 293. The molecule has 1 saturated carbocycles. The summed E-state index contributed by atoms with van der Waals surface area (Å²) in [6.45, 7) is 15.2. The molecule has 17 heavy (non-hydrogen) atoms. The van der Waals surface area contributed by atoms with Gasteiger partial charge in [0.1, 0.15) is 5.60 Å². The zero-order chi connectivity index (χ0) is 13.4. The first kappa shape index (κ1) is 14.9. The largest absolute Gasteiger partial charge is 0.405 e. The van der Waals surface area contributed by atoms with Crippen molar-refractivity contribution in [2.45, 2.75) is 66.2 Å². The van der Waals surface area contributed by atoms with Gasteiger partial charge in [0.2, 0.25) is 9.04 Å². The van der Waals surface area contributed by atoms with Gasteiger partial charge >= 0.3 is 0 Å².